The quantitative estimate of drug-likeness (QED) is 0.725. The van der Waals surface area contributed by atoms with Gasteiger partial charge in [-0.25, -0.2) is 4.79 Å². The minimum Gasteiger partial charge on any atom is -0.495 e. The highest BCUT2D eigenvalue weighted by Gasteiger charge is 2.23. The Bertz CT molecular complexity index is 949. The fourth-order valence-electron chi connectivity index (χ4n) is 3.58. The molecule has 7 heteroatoms. The van der Waals surface area contributed by atoms with Crippen molar-refractivity contribution in [1.82, 2.24) is 14.7 Å². The number of nitrogens with one attached hydrogen (secondary N) is 1. The number of piperazine rings is 1. The lowest BCUT2D eigenvalue weighted by Gasteiger charge is -2.36. The molecule has 1 saturated heterocycles. The minimum atomic E-state index is -0.0717. The maximum absolute atomic E-state index is 12.8. The number of ether oxygens (including phenoxy) is 1. The SMILES string of the molecule is COc1ccccc1N1CCN(C(=O)Nc2ccccc2Cn2cccn2)CC1. The van der Waals surface area contributed by atoms with Gasteiger partial charge in [0.1, 0.15) is 5.75 Å². The van der Waals surface area contributed by atoms with E-state index in [0.717, 1.165) is 35.8 Å². The Hall–Kier alpha value is -3.48. The molecule has 150 valence electrons. The van der Waals surface area contributed by atoms with Crippen LogP contribution in [0.2, 0.25) is 0 Å². The van der Waals surface area contributed by atoms with Gasteiger partial charge in [0.25, 0.3) is 0 Å². The average Bonchev–Trinajstić information content (AvgIpc) is 3.28. The van der Waals surface area contributed by atoms with Gasteiger partial charge in [0.05, 0.1) is 19.3 Å². The van der Waals surface area contributed by atoms with Gasteiger partial charge in [0.2, 0.25) is 0 Å². The third-order valence-electron chi connectivity index (χ3n) is 5.14. The molecule has 1 aliphatic heterocycles. The summed E-state index contributed by atoms with van der Waals surface area (Å²) in [6.45, 7) is 3.47. The summed E-state index contributed by atoms with van der Waals surface area (Å²) in [6.07, 6.45) is 3.66. The smallest absolute Gasteiger partial charge is 0.321 e. The molecule has 0 unspecified atom stereocenters. The van der Waals surface area contributed by atoms with E-state index in [2.05, 4.69) is 21.4 Å². The fourth-order valence-corrected chi connectivity index (χ4v) is 3.58. The van der Waals surface area contributed by atoms with E-state index in [1.165, 1.54) is 0 Å². The summed E-state index contributed by atoms with van der Waals surface area (Å²) in [7, 11) is 1.68. The lowest BCUT2D eigenvalue weighted by atomic mass is 10.2. The number of aromatic nitrogens is 2. The van der Waals surface area contributed by atoms with Crippen LogP contribution >= 0.6 is 0 Å². The van der Waals surface area contributed by atoms with Crippen LogP contribution in [-0.2, 0) is 6.54 Å². The van der Waals surface area contributed by atoms with Gasteiger partial charge in [-0.15, -0.1) is 0 Å². The van der Waals surface area contributed by atoms with E-state index in [4.69, 9.17) is 4.74 Å². The van der Waals surface area contributed by atoms with Crippen molar-refractivity contribution in [1.29, 1.82) is 0 Å². The highest BCUT2D eigenvalue weighted by atomic mass is 16.5. The number of nitrogens with zero attached hydrogens (tertiary/aromatic N) is 4. The molecule has 1 N–H and O–H groups in total. The number of hydrogen-bond acceptors (Lipinski definition) is 4. The van der Waals surface area contributed by atoms with Gasteiger partial charge in [-0.3, -0.25) is 4.68 Å². The summed E-state index contributed by atoms with van der Waals surface area (Å²) < 4.78 is 7.31. The predicted octanol–water partition coefficient (Wildman–Crippen LogP) is 3.29. The fraction of sp³-hybridized carbons (Fsp3) is 0.273. The molecule has 0 spiro atoms. The van der Waals surface area contributed by atoms with E-state index in [0.29, 0.717) is 19.6 Å². The number of carbonyl (C=O) groups excluding carboxylic acids is 1. The molecule has 0 bridgehead atoms. The molecule has 0 saturated carbocycles. The summed E-state index contributed by atoms with van der Waals surface area (Å²) in [4.78, 5) is 17.0. The molecule has 4 rings (SSSR count). The molecule has 2 heterocycles. The molecular formula is C22H25N5O2. The van der Waals surface area contributed by atoms with Crippen LogP contribution in [0.5, 0.6) is 5.75 Å². The number of urea groups is 1. The molecule has 1 aromatic heterocycles. The van der Waals surface area contributed by atoms with Crippen molar-refractivity contribution < 1.29 is 9.53 Å². The number of amides is 2. The second-order valence-corrected chi connectivity index (χ2v) is 6.94. The summed E-state index contributed by atoms with van der Waals surface area (Å²) in [5.74, 6) is 0.859. The third-order valence-corrected chi connectivity index (χ3v) is 5.14. The van der Waals surface area contributed by atoms with Gasteiger partial charge >= 0.3 is 6.03 Å². The highest BCUT2D eigenvalue weighted by molar-refractivity contribution is 5.90. The van der Waals surface area contributed by atoms with E-state index >= 15 is 0 Å². The minimum absolute atomic E-state index is 0.0717. The Balaban J connectivity index is 1.38. The van der Waals surface area contributed by atoms with Crippen LogP contribution in [0, 0.1) is 0 Å². The number of benzene rings is 2. The Morgan fingerprint density at radius 1 is 1.03 bits per heavy atom. The zero-order chi connectivity index (χ0) is 20.1. The van der Waals surface area contributed by atoms with Crippen molar-refractivity contribution in [2.45, 2.75) is 6.54 Å². The highest BCUT2D eigenvalue weighted by Crippen LogP contribution is 2.28. The molecule has 3 aromatic rings. The average molecular weight is 391 g/mol. The first kappa shape index (κ1) is 18.9. The Morgan fingerprint density at radius 3 is 2.55 bits per heavy atom. The van der Waals surface area contributed by atoms with E-state index < -0.39 is 0 Å². The topological polar surface area (TPSA) is 62.6 Å². The molecule has 0 aliphatic carbocycles. The molecule has 29 heavy (non-hydrogen) atoms. The number of methoxy groups -OCH3 is 1. The van der Waals surface area contributed by atoms with E-state index in [-0.39, 0.29) is 6.03 Å². The van der Waals surface area contributed by atoms with Gasteiger partial charge in [-0.2, -0.15) is 5.10 Å². The van der Waals surface area contributed by atoms with Crippen LogP contribution in [0.4, 0.5) is 16.2 Å². The molecule has 2 aromatic carbocycles. The van der Waals surface area contributed by atoms with Gasteiger partial charge in [0.15, 0.2) is 0 Å². The molecular weight excluding hydrogens is 366 g/mol. The number of carbonyl (C=O) groups is 1. The van der Waals surface area contributed by atoms with Crippen molar-refractivity contribution in [2.75, 3.05) is 43.5 Å². The van der Waals surface area contributed by atoms with Crippen LogP contribution in [0.1, 0.15) is 5.56 Å². The van der Waals surface area contributed by atoms with Crippen LogP contribution in [0.25, 0.3) is 0 Å². The summed E-state index contributed by atoms with van der Waals surface area (Å²) >= 11 is 0. The Labute approximate surface area is 170 Å². The predicted molar refractivity (Wildman–Crippen MR) is 114 cm³/mol. The summed E-state index contributed by atoms with van der Waals surface area (Å²) in [5, 5.41) is 7.32. The largest absolute Gasteiger partial charge is 0.495 e. The van der Waals surface area contributed by atoms with Crippen molar-refractivity contribution in [3.8, 4) is 5.75 Å². The molecule has 7 nitrogen and oxygen atoms in total. The van der Waals surface area contributed by atoms with Gasteiger partial charge in [-0.1, -0.05) is 30.3 Å². The lowest BCUT2D eigenvalue weighted by molar-refractivity contribution is 0.208. The normalized spacial score (nSPS) is 14.0. The second kappa shape index (κ2) is 8.68. The molecule has 2 amide bonds. The number of rotatable bonds is 5. The Morgan fingerprint density at radius 2 is 1.79 bits per heavy atom. The van der Waals surface area contributed by atoms with Crippen LogP contribution in [-0.4, -0.2) is 54.0 Å². The third kappa shape index (κ3) is 4.34. The standard InChI is InChI=1S/C22H25N5O2/c1-29-21-10-5-4-9-20(21)25-13-15-26(16-14-25)22(28)24-19-8-3-2-7-18(19)17-27-12-6-11-23-27/h2-12H,13-17H2,1H3,(H,24,28). The van der Waals surface area contributed by atoms with Gasteiger partial charge < -0.3 is 19.9 Å². The Kier molecular flexibility index (Phi) is 5.65. The number of para-hydroxylation sites is 3. The maximum atomic E-state index is 12.8. The van der Waals surface area contributed by atoms with Crippen molar-refractivity contribution in [3.05, 3.63) is 72.6 Å². The number of anilines is 2. The van der Waals surface area contributed by atoms with Crippen LogP contribution in [0.3, 0.4) is 0 Å². The number of hydrogen-bond donors (Lipinski definition) is 1. The van der Waals surface area contributed by atoms with E-state index in [1.54, 1.807) is 13.3 Å². The second-order valence-electron chi connectivity index (χ2n) is 6.94. The van der Waals surface area contributed by atoms with Crippen molar-refractivity contribution in [2.24, 2.45) is 0 Å². The monoisotopic (exact) mass is 391 g/mol. The van der Waals surface area contributed by atoms with Crippen molar-refractivity contribution in [3.63, 3.8) is 0 Å². The van der Waals surface area contributed by atoms with Crippen molar-refractivity contribution >= 4 is 17.4 Å². The summed E-state index contributed by atoms with van der Waals surface area (Å²) in [5.41, 5.74) is 2.91. The zero-order valence-electron chi connectivity index (χ0n) is 16.5. The van der Waals surface area contributed by atoms with E-state index in [1.807, 2.05) is 64.3 Å². The van der Waals surface area contributed by atoms with Gasteiger partial charge in [0, 0.05) is 44.3 Å². The summed E-state index contributed by atoms with van der Waals surface area (Å²) in [6, 6.07) is 17.7. The van der Waals surface area contributed by atoms with Crippen LogP contribution < -0.4 is 15.0 Å². The van der Waals surface area contributed by atoms with Gasteiger partial charge in [-0.05, 0) is 29.8 Å². The molecule has 0 atom stereocenters. The first-order valence-electron chi connectivity index (χ1n) is 9.74. The molecule has 0 radical (unpaired) electrons. The maximum Gasteiger partial charge on any atom is 0.321 e. The first-order chi connectivity index (χ1) is 14.2. The molecule has 1 fully saturated rings. The zero-order valence-corrected chi connectivity index (χ0v) is 16.5. The lowest BCUT2D eigenvalue weighted by Crippen LogP contribution is -2.50. The first-order valence-corrected chi connectivity index (χ1v) is 9.74. The van der Waals surface area contributed by atoms with E-state index in [9.17, 15) is 4.79 Å². The molecule has 1 aliphatic rings. The van der Waals surface area contributed by atoms with Crippen LogP contribution in [0.15, 0.2) is 67.0 Å².